The summed E-state index contributed by atoms with van der Waals surface area (Å²) in [6, 6.07) is 0. The summed E-state index contributed by atoms with van der Waals surface area (Å²) < 4.78 is 19.6. The standard InChI is InChI=1S/C6H8.2FH.Zr/c1-6-4-2-3-5-6;;;/h2,4-5H,3H2,1H3;2*1H;/q;;;+2/p-2. The third kappa shape index (κ3) is 6.10. The second kappa shape index (κ2) is 6.34. The SMILES string of the molecule is CC1=CCC=C1.[F][Zr][F]. The molecule has 0 bridgehead atoms. The summed E-state index contributed by atoms with van der Waals surface area (Å²) >= 11 is -2.77. The Hall–Kier alpha value is 0.223. The Kier molecular flexibility index (Phi) is 6.50. The van der Waals surface area contributed by atoms with Crippen molar-refractivity contribution in [1.29, 1.82) is 0 Å². The molecule has 0 fully saturated rings. The van der Waals surface area contributed by atoms with Crippen LogP contribution in [0.15, 0.2) is 23.8 Å². The van der Waals surface area contributed by atoms with Gasteiger partial charge in [-0.2, -0.15) is 0 Å². The summed E-state index contributed by atoms with van der Waals surface area (Å²) in [4.78, 5) is 0. The summed E-state index contributed by atoms with van der Waals surface area (Å²) in [6.45, 7) is 2.11. The van der Waals surface area contributed by atoms with E-state index in [1.807, 2.05) is 0 Å². The van der Waals surface area contributed by atoms with Crippen LogP contribution in [0.2, 0.25) is 0 Å². The molecular formula is C6H8F2Zr. The van der Waals surface area contributed by atoms with Crippen molar-refractivity contribution in [3.63, 3.8) is 0 Å². The molecule has 0 heterocycles. The van der Waals surface area contributed by atoms with Crippen molar-refractivity contribution in [2.45, 2.75) is 13.3 Å². The van der Waals surface area contributed by atoms with E-state index >= 15 is 0 Å². The molecule has 0 aromatic rings. The zero-order chi connectivity index (χ0) is 7.11. The number of rotatable bonds is 0. The molecule has 0 aliphatic heterocycles. The van der Waals surface area contributed by atoms with Crippen LogP contribution in [0.4, 0.5) is 5.25 Å². The van der Waals surface area contributed by atoms with E-state index in [1.54, 1.807) is 0 Å². The van der Waals surface area contributed by atoms with Gasteiger partial charge in [0.25, 0.3) is 0 Å². The minimum absolute atomic E-state index is 1.14. The third-order valence-corrected chi connectivity index (χ3v) is 0.957. The second-order valence-corrected chi connectivity index (χ2v) is 2.01. The average Bonchev–Trinajstić information content (AvgIpc) is 2.20. The van der Waals surface area contributed by atoms with E-state index in [1.165, 1.54) is 5.57 Å². The average molecular weight is 209 g/mol. The van der Waals surface area contributed by atoms with Crippen LogP contribution in [0, 0.1) is 0 Å². The molecule has 1 aliphatic rings. The number of halogens is 2. The molecule has 0 atom stereocenters. The second-order valence-electron chi connectivity index (χ2n) is 1.66. The van der Waals surface area contributed by atoms with Gasteiger partial charge in [-0.1, -0.05) is 23.8 Å². The van der Waals surface area contributed by atoms with Crippen LogP contribution in [0.25, 0.3) is 0 Å². The Morgan fingerprint density at radius 1 is 1.56 bits per heavy atom. The van der Waals surface area contributed by atoms with Gasteiger partial charge in [-0.05, 0) is 13.3 Å². The van der Waals surface area contributed by atoms with Crippen LogP contribution in [-0.2, 0) is 24.5 Å². The summed E-state index contributed by atoms with van der Waals surface area (Å²) in [5, 5.41) is 0. The summed E-state index contributed by atoms with van der Waals surface area (Å²) in [5.74, 6) is 0. The summed E-state index contributed by atoms with van der Waals surface area (Å²) in [7, 11) is 0. The zero-order valence-electron chi connectivity index (χ0n) is 5.20. The topological polar surface area (TPSA) is 0 Å². The first-order valence-corrected chi connectivity index (χ1v) is 4.46. The van der Waals surface area contributed by atoms with E-state index in [9.17, 15) is 5.25 Å². The molecular weight excluding hydrogens is 201 g/mol. The molecule has 50 valence electrons. The Bertz CT molecular complexity index is 115. The van der Waals surface area contributed by atoms with Crippen molar-refractivity contribution in [3.05, 3.63) is 23.8 Å². The molecule has 0 saturated heterocycles. The number of hydrogen-bond donors (Lipinski definition) is 0. The van der Waals surface area contributed by atoms with E-state index in [2.05, 4.69) is 25.2 Å². The fraction of sp³-hybridized carbons (Fsp3) is 0.333. The van der Waals surface area contributed by atoms with Crippen LogP contribution >= 0.6 is 0 Å². The molecule has 1 rings (SSSR count). The normalized spacial score (nSPS) is 13.9. The van der Waals surface area contributed by atoms with Gasteiger partial charge in [0.2, 0.25) is 0 Å². The van der Waals surface area contributed by atoms with E-state index in [-0.39, 0.29) is 0 Å². The van der Waals surface area contributed by atoms with E-state index in [4.69, 9.17) is 0 Å². The zero-order valence-corrected chi connectivity index (χ0v) is 7.65. The van der Waals surface area contributed by atoms with Gasteiger partial charge in [-0.3, -0.25) is 0 Å². The molecule has 0 aromatic carbocycles. The van der Waals surface area contributed by atoms with Gasteiger partial charge in [-0.25, -0.2) is 0 Å². The predicted octanol–water partition coefficient (Wildman–Crippen LogP) is 2.73. The van der Waals surface area contributed by atoms with Gasteiger partial charge in [0, 0.05) is 0 Å². The maximum absolute atomic E-state index is 9.80. The first kappa shape index (κ1) is 9.22. The van der Waals surface area contributed by atoms with Gasteiger partial charge in [0.1, 0.15) is 0 Å². The number of hydrogen-bond acceptors (Lipinski definition) is 0. The predicted molar refractivity (Wildman–Crippen MR) is 29.7 cm³/mol. The van der Waals surface area contributed by atoms with Crippen LogP contribution in [0.3, 0.4) is 0 Å². The van der Waals surface area contributed by atoms with Crippen molar-refractivity contribution < 1.29 is 29.7 Å². The molecule has 0 spiro atoms. The van der Waals surface area contributed by atoms with E-state index in [0.29, 0.717) is 0 Å². The minimum atomic E-state index is -2.77. The van der Waals surface area contributed by atoms with Crippen LogP contribution in [-0.4, -0.2) is 0 Å². The van der Waals surface area contributed by atoms with E-state index < -0.39 is 24.5 Å². The first-order valence-electron chi connectivity index (χ1n) is 2.61. The molecule has 0 nitrogen and oxygen atoms in total. The van der Waals surface area contributed by atoms with Gasteiger partial charge < -0.3 is 0 Å². The Balaban J connectivity index is 0.000000187. The molecule has 0 radical (unpaired) electrons. The fourth-order valence-corrected chi connectivity index (χ4v) is 0.576. The van der Waals surface area contributed by atoms with Crippen molar-refractivity contribution in [3.8, 4) is 0 Å². The Morgan fingerprint density at radius 2 is 2.11 bits per heavy atom. The molecule has 3 heteroatoms. The quantitative estimate of drug-likeness (QED) is 0.575. The molecule has 1 aliphatic carbocycles. The van der Waals surface area contributed by atoms with Gasteiger partial charge in [-0.15, -0.1) is 0 Å². The molecule has 0 amide bonds. The maximum atomic E-state index is 9.80. The van der Waals surface area contributed by atoms with Crippen molar-refractivity contribution >= 4 is 0 Å². The summed E-state index contributed by atoms with van der Waals surface area (Å²) in [5.41, 5.74) is 1.40. The Morgan fingerprint density at radius 3 is 2.22 bits per heavy atom. The summed E-state index contributed by atoms with van der Waals surface area (Å²) in [6.07, 6.45) is 7.65. The van der Waals surface area contributed by atoms with Gasteiger partial charge in [0.05, 0.1) is 0 Å². The van der Waals surface area contributed by atoms with Crippen LogP contribution in [0.1, 0.15) is 13.3 Å². The fourth-order valence-electron chi connectivity index (χ4n) is 0.576. The van der Waals surface area contributed by atoms with Gasteiger partial charge in [0.15, 0.2) is 0 Å². The first-order chi connectivity index (χ1) is 4.31. The molecule has 0 N–H and O–H groups in total. The number of allylic oxidation sites excluding steroid dienone is 4. The molecule has 0 saturated carbocycles. The van der Waals surface area contributed by atoms with Crippen molar-refractivity contribution in [2.75, 3.05) is 0 Å². The molecule has 9 heavy (non-hydrogen) atoms. The monoisotopic (exact) mass is 208 g/mol. The molecule has 0 aromatic heterocycles. The van der Waals surface area contributed by atoms with Crippen LogP contribution in [0.5, 0.6) is 0 Å². The van der Waals surface area contributed by atoms with Crippen molar-refractivity contribution in [2.24, 2.45) is 0 Å². The van der Waals surface area contributed by atoms with Crippen molar-refractivity contribution in [1.82, 2.24) is 0 Å². The van der Waals surface area contributed by atoms with E-state index in [0.717, 1.165) is 6.42 Å². The molecule has 0 unspecified atom stereocenters. The third-order valence-electron chi connectivity index (χ3n) is 0.957. The van der Waals surface area contributed by atoms with Gasteiger partial charge >= 0.3 is 29.7 Å². The Labute approximate surface area is 67.0 Å². The van der Waals surface area contributed by atoms with Crippen LogP contribution < -0.4 is 0 Å².